The number of H-pyrrole nitrogens is 1. The number of carbonyl (C=O) groups excluding carboxylic acids is 2. The number of halogens is 4. The standard InChI is InChI=1S/C31H21ClF3N3O4/c1-41-25-16-18(10-15-24(25)42-30(40)20-11-13-21(32)14-12-20)17-36-38-29(39)28-26(19-6-3-2-4-7-19)22-8-5-9-23(27(22)37-28)31(33,34)35/h2-17,37H,1H3,(H,38,39). The van der Waals surface area contributed by atoms with E-state index >= 15 is 0 Å². The average molecular weight is 592 g/mol. The first-order chi connectivity index (χ1) is 20.2. The molecule has 11 heteroatoms. The molecule has 7 nitrogen and oxygen atoms in total. The number of para-hydroxylation sites is 1. The van der Waals surface area contributed by atoms with Crippen molar-refractivity contribution in [1.82, 2.24) is 10.4 Å². The second kappa shape index (κ2) is 11.8. The molecule has 0 bridgehead atoms. The van der Waals surface area contributed by atoms with Crippen LogP contribution in [0.25, 0.3) is 22.0 Å². The van der Waals surface area contributed by atoms with Crippen molar-refractivity contribution >= 4 is 40.6 Å². The molecule has 5 rings (SSSR count). The maximum Gasteiger partial charge on any atom is 0.418 e. The Morgan fingerprint density at radius 3 is 2.36 bits per heavy atom. The number of rotatable bonds is 7. The normalized spacial score (nSPS) is 11.5. The van der Waals surface area contributed by atoms with Gasteiger partial charge in [-0.05, 0) is 59.7 Å². The van der Waals surface area contributed by atoms with E-state index in [-0.39, 0.29) is 28.1 Å². The van der Waals surface area contributed by atoms with Crippen molar-refractivity contribution in [3.05, 3.63) is 118 Å². The van der Waals surface area contributed by atoms with Gasteiger partial charge in [-0.2, -0.15) is 18.3 Å². The molecule has 2 N–H and O–H groups in total. The molecule has 0 unspecified atom stereocenters. The topological polar surface area (TPSA) is 92.8 Å². The Balaban J connectivity index is 1.39. The van der Waals surface area contributed by atoms with E-state index in [1.807, 2.05) is 0 Å². The Kier molecular flexibility index (Phi) is 7.99. The number of ether oxygens (including phenoxy) is 2. The molecule has 1 heterocycles. The molecule has 0 saturated heterocycles. The molecule has 42 heavy (non-hydrogen) atoms. The van der Waals surface area contributed by atoms with Crippen LogP contribution in [0.5, 0.6) is 11.5 Å². The fourth-order valence-corrected chi connectivity index (χ4v) is 4.47. The summed E-state index contributed by atoms with van der Waals surface area (Å²) in [5, 5.41) is 4.70. The highest BCUT2D eigenvalue weighted by atomic mass is 35.5. The van der Waals surface area contributed by atoms with Crippen molar-refractivity contribution < 1.29 is 32.2 Å². The molecule has 0 fully saturated rings. The molecule has 0 aliphatic rings. The Bertz CT molecular complexity index is 1800. The number of alkyl halides is 3. The average Bonchev–Trinajstić information content (AvgIpc) is 3.38. The lowest BCUT2D eigenvalue weighted by molar-refractivity contribution is -0.136. The van der Waals surface area contributed by atoms with Crippen molar-refractivity contribution in [1.29, 1.82) is 0 Å². The minimum absolute atomic E-state index is 0.0768. The van der Waals surface area contributed by atoms with Gasteiger partial charge in [0, 0.05) is 16.0 Å². The smallest absolute Gasteiger partial charge is 0.418 e. The summed E-state index contributed by atoms with van der Waals surface area (Å²) < 4.78 is 51.9. The van der Waals surface area contributed by atoms with Crippen LogP contribution in [-0.2, 0) is 6.18 Å². The maximum absolute atomic E-state index is 13.7. The lowest BCUT2D eigenvalue weighted by atomic mass is 10.0. The monoisotopic (exact) mass is 591 g/mol. The third kappa shape index (κ3) is 5.98. The Morgan fingerprint density at radius 1 is 0.929 bits per heavy atom. The van der Waals surface area contributed by atoms with Crippen LogP contribution in [0.4, 0.5) is 13.2 Å². The number of hydrogen-bond donors (Lipinski definition) is 2. The van der Waals surface area contributed by atoms with Gasteiger partial charge in [-0.1, -0.05) is 54.1 Å². The van der Waals surface area contributed by atoms with E-state index in [9.17, 15) is 22.8 Å². The van der Waals surface area contributed by atoms with E-state index < -0.39 is 23.6 Å². The molecule has 0 aliphatic carbocycles. The Hall–Kier alpha value is -5.09. The Labute approximate surface area is 242 Å². The summed E-state index contributed by atoms with van der Waals surface area (Å²) in [7, 11) is 1.40. The SMILES string of the molecule is COc1cc(C=NNC(=O)c2[nH]c3c(C(F)(F)F)cccc3c2-c2ccccc2)ccc1OC(=O)c1ccc(Cl)cc1. The number of nitrogens with zero attached hydrogens (tertiary/aromatic N) is 1. The summed E-state index contributed by atoms with van der Waals surface area (Å²) in [5.74, 6) is -0.964. The number of methoxy groups -OCH3 is 1. The van der Waals surface area contributed by atoms with E-state index in [0.717, 1.165) is 6.07 Å². The molecule has 5 aromatic rings. The first-order valence-corrected chi connectivity index (χ1v) is 12.8. The summed E-state index contributed by atoms with van der Waals surface area (Å²) in [4.78, 5) is 28.3. The fraction of sp³-hybridized carbons (Fsp3) is 0.0645. The fourth-order valence-electron chi connectivity index (χ4n) is 4.34. The van der Waals surface area contributed by atoms with E-state index in [1.54, 1.807) is 48.5 Å². The largest absolute Gasteiger partial charge is 0.493 e. The van der Waals surface area contributed by atoms with E-state index in [4.69, 9.17) is 21.1 Å². The van der Waals surface area contributed by atoms with Crippen LogP contribution in [0.1, 0.15) is 32.0 Å². The molecule has 1 amide bonds. The molecular weight excluding hydrogens is 571 g/mol. The van der Waals surface area contributed by atoms with Crippen molar-refractivity contribution in [3.63, 3.8) is 0 Å². The van der Waals surface area contributed by atoms with E-state index in [1.165, 1.54) is 49.7 Å². The van der Waals surface area contributed by atoms with Crippen LogP contribution in [0.2, 0.25) is 5.02 Å². The summed E-state index contributed by atoms with van der Waals surface area (Å²) in [6, 6.07) is 23.2. The van der Waals surface area contributed by atoms with Gasteiger partial charge in [0.25, 0.3) is 5.91 Å². The zero-order valence-electron chi connectivity index (χ0n) is 21.8. The summed E-state index contributed by atoms with van der Waals surface area (Å²) >= 11 is 5.86. The molecule has 0 spiro atoms. The highest BCUT2D eigenvalue weighted by molar-refractivity contribution is 6.30. The van der Waals surface area contributed by atoms with Crippen LogP contribution in [0.15, 0.2) is 96.1 Å². The first-order valence-electron chi connectivity index (χ1n) is 12.4. The number of aromatic amines is 1. The number of esters is 1. The van der Waals surface area contributed by atoms with Gasteiger partial charge in [0.15, 0.2) is 11.5 Å². The quantitative estimate of drug-likeness (QED) is 0.0887. The molecular formula is C31H21ClF3N3O4. The van der Waals surface area contributed by atoms with Crippen molar-refractivity contribution in [2.24, 2.45) is 5.10 Å². The highest BCUT2D eigenvalue weighted by Gasteiger charge is 2.34. The summed E-state index contributed by atoms with van der Waals surface area (Å²) in [6.45, 7) is 0. The molecule has 0 radical (unpaired) electrons. The molecule has 4 aromatic carbocycles. The van der Waals surface area contributed by atoms with Gasteiger partial charge in [0.1, 0.15) is 5.69 Å². The lowest BCUT2D eigenvalue weighted by Gasteiger charge is -2.10. The zero-order chi connectivity index (χ0) is 29.9. The number of aromatic nitrogens is 1. The van der Waals surface area contributed by atoms with Gasteiger partial charge in [-0.25, -0.2) is 10.2 Å². The van der Waals surface area contributed by atoms with E-state index in [0.29, 0.717) is 27.3 Å². The third-order valence-corrected chi connectivity index (χ3v) is 6.53. The molecule has 212 valence electrons. The van der Waals surface area contributed by atoms with Crippen molar-refractivity contribution in [2.75, 3.05) is 7.11 Å². The summed E-state index contributed by atoms with van der Waals surface area (Å²) in [5.41, 5.74) is 2.86. The summed E-state index contributed by atoms with van der Waals surface area (Å²) in [6.07, 6.45) is -3.31. The number of amides is 1. The van der Waals surface area contributed by atoms with Crippen LogP contribution in [0, 0.1) is 0 Å². The number of hydrazone groups is 1. The van der Waals surface area contributed by atoms with Gasteiger partial charge < -0.3 is 14.5 Å². The van der Waals surface area contributed by atoms with E-state index in [2.05, 4.69) is 15.5 Å². The molecule has 0 atom stereocenters. The number of fused-ring (bicyclic) bond motifs is 1. The van der Waals surface area contributed by atoms with Crippen LogP contribution >= 0.6 is 11.6 Å². The second-order valence-electron chi connectivity index (χ2n) is 8.97. The van der Waals surface area contributed by atoms with Gasteiger partial charge in [0.05, 0.1) is 30.0 Å². The van der Waals surface area contributed by atoms with Crippen LogP contribution < -0.4 is 14.9 Å². The highest BCUT2D eigenvalue weighted by Crippen LogP contribution is 2.39. The van der Waals surface area contributed by atoms with Crippen LogP contribution in [-0.4, -0.2) is 30.2 Å². The van der Waals surface area contributed by atoms with Crippen LogP contribution in [0.3, 0.4) is 0 Å². The second-order valence-corrected chi connectivity index (χ2v) is 9.41. The van der Waals surface area contributed by atoms with Gasteiger partial charge >= 0.3 is 12.1 Å². The minimum Gasteiger partial charge on any atom is -0.493 e. The number of nitrogens with one attached hydrogen (secondary N) is 2. The Morgan fingerprint density at radius 2 is 1.67 bits per heavy atom. The zero-order valence-corrected chi connectivity index (χ0v) is 22.6. The van der Waals surface area contributed by atoms with Gasteiger partial charge in [-0.3, -0.25) is 4.79 Å². The lowest BCUT2D eigenvalue weighted by Crippen LogP contribution is -2.19. The van der Waals surface area contributed by atoms with Gasteiger partial charge in [0.2, 0.25) is 0 Å². The molecule has 0 aliphatic heterocycles. The maximum atomic E-state index is 13.7. The molecule has 0 saturated carbocycles. The first kappa shape index (κ1) is 28.4. The van der Waals surface area contributed by atoms with Crippen molar-refractivity contribution in [3.8, 4) is 22.6 Å². The predicted octanol–water partition coefficient (Wildman–Crippen LogP) is 7.50. The van der Waals surface area contributed by atoms with Crippen molar-refractivity contribution in [2.45, 2.75) is 6.18 Å². The third-order valence-electron chi connectivity index (χ3n) is 6.28. The predicted molar refractivity (Wildman–Crippen MR) is 153 cm³/mol. The molecule has 1 aromatic heterocycles. The number of hydrogen-bond acceptors (Lipinski definition) is 5. The number of benzene rings is 4. The number of carbonyl (C=O) groups is 2. The minimum atomic E-state index is -4.63. The van der Waals surface area contributed by atoms with Gasteiger partial charge in [-0.15, -0.1) is 0 Å².